The van der Waals surface area contributed by atoms with Gasteiger partial charge in [0.2, 0.25) is 0 Å². The van der Waals surface area contributed by atoms with Gasteiger partial charge in [-0.05, 0) is 49.9 Å². The predicted molar refractivity (Wildman–Crippen MR) is 84.3 cm³/mol. The largest absolute Gasteiger partial charge is 0.496 e. The highest BCUT2D eigenvalue weighted by molar-refractivity contribution is 6.07. The maximum Gasteiger partial charge on any atom is 0.325 e. The first kappa shape index (κ1) is 15.8. The summed E-state index contributed by atoms with van der Waals surface area (Å²) in [6.07, 6.45) is 1.38. The lowest BCUT2D eigenvalue weighted by Crippen LogP contribution is -2.45. The van der Waals surface area contributed by atoms with E-state index in [4.69, 9.17) is 9.47 Å². The highest BCUT2D eigenvalue weighted by Crippen LogP contribution is 2.33. The van der Waals surface area contributed by atoms with E-state index in [-0.39, 0.29) is 18.0 Å². The van der Waals surface area contributed by atoms with Crippen molar-refractivity contribution in [2.75, 3.05) is 20.3 Å². The van der Waals surface area contributed by atoms with Crippen molar-refractivity contribution in [3.8, 4) is 5.75 Å². The van der Waals surface area contributed by atoms with E-state index in [0.29, 0.717) is 26.1 Å². The molecule has 2 aliphatic rings. The second-order valence-electron chi connectivity index (χ2n) is 6.26. The number of urea groups is 1. The first-order valence-electron chi connectivity index (χ1n) is 7.86. The highest BCUT2D eigenvalue weighted by Gasteiger charge is 2.51. The standard InChI is InChI=1S/C17H22N2O4/c1-11-10-12(4-5-14(11)22-3)17(2)15(20)19(16(21)18-17)13-6-8-23-9-7-13/h4-5,10,13H,6-9H2,1-3H3,(H,18,21). The molecule has 1 aromatic carbocycles. The first-order chi connectivity index (χ1) is 11.0. The average molecular weight is 318 g/mol. The Kier molecular flexibility index (Phi) is 4.02. The summed E-state index contributed by atoms with van der Waals surface area (Å²) in [7, 11) is 1.61. The molecule has 0 spiro atoms. The van der Waals surface area contributed by atoms with Gasteiger partial charge in [0.25, 0.3) is 5.91 Å². The molecule has 3 rings (SSSR count). The third-order valence-electron chi connectivity index (χ3n) is 4.75. The number of hydrogen-bond acceptors (Lipinski definition) is 4. The zero-order chi connectivity index (χ0) is 16.6. The van der Waals surface area contributed by atoms with Gasteiger partial charge in [-0.3, -0.25) is 9.69 Å². The van der Waals surface area contributed by atoms with Crippen LogP contribution in [0.2, 0.25) is 0 Å². The van der Waals surface area contributed by atoms with E-state index >= 15 is 0 Å². The molecule has 1 unspecified atom stereocenters. The molecule has 2 saturated heterocycles. The Labute approximate surface area is 135 Å². The van der Waals surface area contributed by atoms with Gasteiger partial charge in [0, 0.05) is 19.3 Å². The van der Waals surface area contributed by atoms with Crippen LogP contribution in [-0.2, 0) is 15.1 Å². The lowest BCUT2D eigenvalue weighted by molar-refractivity contribution is -0.133. The van der Waals surface area contributed by atoms with E-state index in [1.54, 1.807) is 14.0 Å². The molecular weight excluding hydrogens is 296 g/mol. The van der Waals surface area contributed by atoms with Gasteiger partial charge >= 0.3 is 6.03 Å². The molecular formula is C17H22N2O4. The minimum Gasteiger partial charge on any atom is -0.496 e. The van der Waals surface area contributed by atoms with Crippen molar-refractivity contribution in [2.45, 2.75) is 38.3 Å². The fourth-order valence-electron chi connectivity index (χ4n) is 3.32. The summed E-state index contributed by atoms with van der Waals surface area (Å²) in [6.45, 7) is 4.84. The molecule has 1 N–H and O–H groups in total. The molecule has 1 atom stereocenters. The molecule has 0 aromatic heterocycles. The van der Waals surface area contributed by atoms with E-state index < -0.39 is 5.54 Å². The number of imide groups is 1. The van der Waals surface area contributed by atoms with Crippen LogP contribution in [0.1, 0.15) is 30.9 Å². The fourth-order valence-corrected chi connectivity index (χ4v) is 3.32. The first-order valence-corrected chi connectivity index (χ1v) is 7.86. The van der Waals surface area contributed by atoms with Crippen molar-refractivity contribution >= 4 is 11.9 Å². The molecule has 0 bridgehead atoms. The predicted octanol–water partition coefficient (Wildman–Crippen LogP) is 1.95. The molecule has 6 nitrogen and oxygen atoms in total. The molecule has 23 heavy (non-hydrogen) atoms. The number of ether oxygens (including phenoxy) is 2. The molecule has 0 radical (unpaired) electrons. The quantitative estimate of drug-likeness (QED) is 0.865. The molecule has 0 aliphatic carbocycles. The number of methoxy groups -OCH3 is 1. The Hall–Kier alpha value is -2.08. The number of aryl methyl sites for hydroxylation is 1. The van der Waals surface area contributed by atoms with Crippen LogP contribution >= 0.6 is 0 Å². The maximum absolute atomic E-state index is 13.0. The molecule has 6 heteroatoms. The summed E-state index contributed by atoms with van der Waals surface area (Å²) in [5, 5.41) is 2.86. The summed E-state index contributed by atoms with van der Waals surface area (Å²) in [4.78, 5) is 26.8. The zero-order valence-corrected chi connectivity index (χ0v) is 13.7. The molecule has 124 valence electrons. The molecule has 2 fully saturated rings. The third kappa shape index (κ3) is 2.57. The smallest absolute Gasteiger partial charge is 0.325 e. The number of benzene rings is 1. The number of carbonyl (C=O) groups is 2. The van der Waals surface area contributed by atoms with E-state index in [1.165, 1.54) is 4.90 Å². The monoisotopic (exact) mass is 318 g/mol. The Morgan fingerprint density at radius 1 is 1.30 bits per heavy atom. The van der Waals surface area contributed by atoms with Crippen LogP contribution in [0, 0.1) is 6.92 Å². The van der Waals surface area contributed by atoms with Crippen LogP contribution in [0.25, 0.3) is 0 Å². The van der Waals surface area contributed by atoms with Crippen molar-refractivity contribution in [3.63, 3.8) is 0 Å². The Bertz CT molecular complexity index is 639. The second kappa shape index (κ2) is 5.85. The number of amides is 3. The Balaban J connectivity index is 1.91. The van der Waals surface area contributed by atoms with Crippen LogP contribution in [-0.4, -0.2) is 43.2 Å². The van der Waals surface area contributed by atoms with Crippen LogP contribution in [0.15, 0.2) is 18.2 Å². The average Bonchev–Trinajstić information content (AvgIpc) is 2.78. The van der Waals surface area contributed by atoms with Gasteiger partial charge in [0.15, 0.2) is 0 Å². The van der Waals surface area contributed by atoms with Crippen LogP contribution < -0.4 is 10.1 Å². The van der Waals surface area contributed by atoms with Gasteiger partial charge in [0.05, 0.1) is 7.11 Å². The van der Waals surface area contributed by atoms with Crippen LogP contribution in [0.3, 0.4) is 0 Å². The van der Waals surface area contributed by atoms with E-state index in [2.05, 4.69) is 5.32 Å². The van der Waals surface area contributed by atoms with E-state index in [1.807, 2.05) is 25.1 Å². The molecule has 1 aromatic rings. The van der Waals surface area contributed by atoms with Gasteiger partial charge in [-0.2, -0.15) is 0 Å². The lowest BCUT2D eigenvalue weighted by Gasteiger charge is -2.30. The second-order valence-corrected chi connectivity index (χ2v) is 6.26. The molecule has 0 saturated carbocycles. The fraction of sp³-hybridized carbons (Fsp3) is 0.529. The van der Waals surface area contributed by atoms with Crippen LogP contribution in [0.4, 0.5) is 4.79 Å². The number of carbonyl (C=O) groups excluding carboxylic acids is 2. The number of hydrogen-bond donors (Lipinski definition) is 1. The van der Waals surface area contributed by atoms with Crippen molar-refractivity contribution < 1.29 is 19.1 Å². The van der Waals surface area contributed by atoms with Crippen molar-refractivity contribution in [2.24, 2.45) is 0 Å². The Morgan fingerprint density at radius 3 is 2.61 bits per heavy atom. The number of nitrogens with one attached hydrogen (secondary N) is 1. The third-order valence-corrected chi connectivity index (χ3v) is 4.75. The summed E-state index contributed by atoms with van der Waals surface area (Å²) >= 11 is 0. The topological polar surface area (TPSA) is 67.9 Å². The molecule has 2 aliphatic heterocycles. The zero-order valence-electron chi connectivity index (χ0n) is 13.7. The highest BCUT2D eigenvalue weighted by atomic mass is 16.5. The Morgan fingerprint density at radius 2 is 2.00 bits per heavy atom. The lowest BCUT2D eigenvalue weighted by atomic mass is 9.90. The van der Waals surface area contributed by atoms with Gasteiger partial charge in [-0.1, -0.05) is 6.07 Å². The number of rotatable bonds is 3. The van der Waals surface area contributed by atoms with Crippen molar-refractivity contribution in [3.05, 3.63) is 29.3 Å². The minimum atomic E-state index is -1.04. The van der Waals surface area contributed by atoms with Gasteiger partial charge in [0.1, 0.15) is 11.3 Å². The maximum atomic E-state index is 13.0. The van der Waals surface area contributed by atoms with E-state index in [9.17, 15) is 9.59 Å². The minimum absolute atomic E-state index is 0.0857. The summed E-state index contributed by atoms with van der Waals surface area (Å²) in [5.74, 6) is 0.564. The van der Waals surface area contributed by atoms with Crippen molar-refractivity contribution in [1.29, 1.82) is 0 Å². The number of nitrogens with zero attached hydrogens (tertiary/aromatic N) is 1. The normalized spacial score (nSPS) is 25.6. The van der Waals surface area contributed by atoms with Crippen LogP contribution in [0.5, 0.6) is 5.75 Å². The van der Waals surface area contributed by atoms with Gasteiger partial charge in [-0.15, -0.1) is 0 Å². The molecule has 2 heterocycles. The summed E-state index contributed by atoms with van der Waals surface area (Å²) in [5.41, 5.74) is 0.661. The molecule has 3 amide bonds. The summed E-state index contributed by atoms with van der Waals surface area (Å²) in [6, 6.07) is 5.14. The van der Waals surface area contributed by atoms with E-state index in [0.717, 1.165) is 16.9 Å². The van der Waals surface area contributed by atoms with Gasteiger partial charge < -0.3 is 14.8 Å². The van der Waals surface area contributed by atoms with Gasteiger partial charge in [-0.25, -0.2) is 4.79 Å². The SMILES string of the molecule is COc1ccc(C2(C)NC(=O)N(C3CCOCC3)C2=O)cc1C. The summed E-state index contributed by atoms with van der Waals surface area (Å²) < 4.78 is 10.6. The van der Waals surface area contributed by atoms with Crippen molar-refractivity contribution in [1.82, 2.24) is 10.2 Å².